The molecule has 0 atom stereocenters. The highest BCUT2D eigenvalue weighted by atomic mass is 32.2. The number of aromatic nitrogens is 1. The number of hydrogen-bond donors (Lipinski definition) is 2. The molecule has 2 rings (SSSR count). The molecule has 1 aromatic heterocycles. The Morgan fingerprint density at radius 3 is 2.95 bits per heavy atom. The number of hydrogen-bond acceptors (Lipinski definition) is 4. The number of nitrogens with zero attached hydrogens (tertiary/aromatic N) is 1. The fraction of sp³-hybridized carbons (Fsp3) is 0.571. The van der Waals surface area contributed by atoms with Gasteiger partial charge in [0.15, 0.2) is 0 Å². The molecule has 104 valence electrons. The van der Waals surface area contributed by atoms with Gasteiger partial charge in [-0.3, -0.25) is 9.78 Å². The molecule has 1 amide bonds. The summed E-state index contributed by atoms with van der Waals surface area (Å²) in [5.41, 5.74) is 0.457. The maximum atomic E-state index is 11.7. The number of thioether (sulfide) groups is 1. The zero-order valence-electron chi connectivity index (χ0n) is 11.0. The molecule has 1 aliphatic carbocycles. The van der Waals surface area contributed by atoms with Gasteiger partial charge in [-0.25, -0.2) is 0 Å². The average Bonchev–Trinajstić information content (AvgIpc) is 2.85. The van der Waals surface area contributed by atoms with E-state index < -0.39 is 5.60 Å². The third-order valence-electron chi connectivity index (χ3n) is 3.37. The molecular weight excluding hydrogens is 260 g/mol. The van der Waals surface area contributed by atoms with Gasteiger partial charge in [0, 0.05) is 24.7 Å². The summed E-state index contributed by atoms with van der Waals surface area (Å²) in [4.78, 5) is 15.7. The average molecular weight is 280 g/mol. The molecule has 0 radical (unpaired) electrons. The smallest absolute Gasteiger partial charge is 0.230 e. The van der Waals surface area contributed by atoms with Crippen LogP contribution in [-0.4, -0.2) is 33.9 Å². The van der Waals surface area contributed by atoms with Crippen LogP contribution in [0.5, 0.6) is 0 Å². The van der Waals surface area contributed by atoms with Crippen molar-refractivity contribution in [3.63, 3.8) is 0 Å². The highest BCUT2D eigenvalue weighted by molar-refractivity contribution is 7.99. The standard InChI is InChI=1S/C14H20N2O2S/c17-13(16-11-14(18)5-1-2-6-14)10-19-9-12-4-3-7-15-8-12/h3-4,7-8,18H,1-2,5-6,9-11H2,(H,16,17). The van der Waals surface area contributed by atoms with Crippen molar-refractivity contribution in [1.29, 1.82) is 0 Å². The van der Waals surface area contributed by atoms with Gasteiger partial charge in [0.25, 0.3) is 0 Å². The number of carbonyl (C=O) groups is 1. The fourth-order valence-corrected chi connectivity index (χ4v) is 3.07. The Kier molecular flexibility index (Phi) is 5.22. The zero-order chi connectivity index (χ0) is 13.6. The number of rotatable bonds is 6. The van der Waals surface area contributed by atoms with Crippen LogP contribution < -0.4 is 5.32 Å². The third kappa shape index (κ3) is 4.84. The Labute approximate surface area is 118 Å². The summed E-state index contributed by atoms with van der Waals surface area (Å²) in [6, 6.07) is 3.89. The molecule has 2 N–H and O–H groups in total. The minimum atomic E-state index is -0.663. The molecule has 0 bridgehead atoms. The largest absolute Gasteiger partial charge is 0.388 e. The maximum Gasteiger partial charge on any atom is 0.230 e. The van der Waals surface area contributed by atoms with Crippen LogP contribution in [0.2, 0.25) is 0 Å². The van der Waals surface area contributed by atoms with Crippen LogP contribution in [0.15, 0.2) is 24.5 Å². The van der Waals surface area contributed by atoms with Crippen molar-refractivity contribution in [2.45, 2.75) is 37.0 Å². The topological polar surface area (TPSA) is 62.2 Å². The monoisotopic (exact) mass is 280 g/mol. The van der Waals surface area contributed by atoms with Crippen LogP contribution >= 0.6 is 11.8 Å². The van der Waals surface area contributed by atoms with Crippen molar-refractivity contribution >= 4 is 17.7 Å². The second kappa shape index (κ2) is 6.91. The summed E-state index contributed by atoms with van der Waals surface area (Å²) in [5, 5.41) is 12.9. The van der Waals surface area contributed by atoms with Gasteiger partial charge in [0.05, 0.1) is 11.4 Å². The van der Waals surface area contributed by atoms with E-state index in [-0.39, 0.29) is 5.91 Å². The number of amides is 1. The first-order valence-corrected chi connectivity index (χ1v) is 7.79. The molecule has 0 unspecified atom stereocenters. The van der Waals surface area contributed by atoms with E-state index in [4.69, 9.17) is 0 Å². The summed E-state index contributed by atoms with van der Waals surface area (Å²) in [5.74, 6) is 1.20. The molecule has 5 heteroatoms. The van der Waals surface area contributed by atoms with Crippen LogP contribution in [0.4, 0.5) is 0 Å². The lowest BCUT2D eigenvalue weighted by Crippen LogP contribution is -2.41. The summed E-state index contributed by atoms with van der Waals surface area (Å²) in [7, 11) is 0. The quantitative estimate of drug-likeness (QED) is 0.833. The van der Waals surface area contributed by atoms with Gasteiger partial charge < -0.3 is 10.4 Å². The Hall–Kier alpha value is -1.07. The van der Waals surface area contributed by atoms with Crippen molar-refractivity contribution in [3.05, 3.63) is 30.1 Å². The summed E-state index contributed by atoms with van der Waals surface area (Å²) in [6.07, 6.45) is 7.27. The highest BCUT2D eigenvalue weighted by Crippen LogP contribution is 2.28. The molecule has 1 saturated carbocycles. The second-order valence-corrected chi connectivity index (χ2v) is 6.05. The first-order chi connectivity index (χ1) is 9.18. The van der Waals surface area contributed by atoms with Crippen molar-refractivity contribution in [1.82, 2.24) is 10.3 Å². The summed E-state index contributed by atoms with van der Waals surface area (Å²) >= 11 is 1.56. The third-order valence-corrected chi connectivity index (χ3v) is 4.38. The zero-order valence-corrected chi connectivity index (χ0v) is 11.8. The van der Waals surface area contributed by atoms with Crippen molar-refractivity contribution in [2.24, 2.45) is 0 Å². The highest BCUT2D eigenvalue weighted by Gasteiger charge is 2.31. The van der Waals surface area contributed by atoms with Gasteiger partial charge >= 0.3 is 0 Å². The Morgan fingerprint density at radius 2 is 2.26 bits per heavy atom. The van der Waals surface area contributed by atoms with Gasteiger partial charge in [-0.1, -0.05) is 18.9 Å². The van der Waals surface area contributed by atoms with Crippen LogP contribution in [0.1, 0.15) is 31.2 Å². The van der Waals surface area contributed by atoms with E-state index in [1.54, 1.807) is 18.0 Å². The summed E-state index contributed by atoms with van der Waals surface area (Å²) < 4.78 is 0. The van der Waals surface area contributed by atoms with Crippen LogP contribution in [-0.2, 0) is 10.5 Å². The first-order valence-electron chi connectivity index (χ1n) is 6.64. The molecule has 0 aromatic carbocycles. The number of carbonyl (C=O) groups excluding carboxylic acids is 1. The van der Waals surface area contributed by atoms with Crippen LogP contribution in [0.3, 0.4) is 0 Å². The first kappa shape index (κ1) is 14.3. The molecule has 0 spiro atoms. The number of aliphatic hydroxyl groups is 1. The summed E-state index contributed by atoms with van der Waals surface area (Å²) in [6.45, 7) is 0.388. The minimum absolute atomic E-state index is 0.00536. The molecule has 0 saturated heterocycles. The Bertz CT molecular complexity index is 405. The molecule has 0 aliphatic heterocycles. The van der Waals surface area contributed by atoms with E-state index in [1.165, 1.54) is 0 Å². The Balaban J connectivity index is 1.62. The lowest BCUT2D eigenvalue weighted by molar-refractivity contribution is -0.119. The molecule has 19 heavy (non-hydrogen) atoms. The van der Waals surface area contributed by atoms with E-state index >= 15 is 0 Å². The van der Waals surface area contributed by atoms with E-state index in [2.05, 4.69) is 10.3 Å². The van der Waals surface area contributed by atoms with Crippen LogP contribution in [0, 0.1) is 0 Å². The lowest BCUT2D eigenvalue weighted by atomic mass is 10.0. The second-order valence-electron chi connectivity index (χ2n) is 5.06. The SMILES string of the molecule is O=C(CSCc1cccnc1)NCC1(O)CCCC1. The normalized spacial score (nSPS) is 17.3. The predicted molar refractivity (Wildman–Crippen MR) is 76.8 cm³/mol. The van der Waals surface area contributed by atoms with Gasteiger partial charge in [-0.05, 0) is 24.5 Å². The van der Waals surface area contributed by atoms with E-state index in [0.717, 1.165) is 37.0 Å². The molecule has 1 aliphatic rings. The van der Waals surface area contributed by atoms with Crippen LogP contribution in [0.25, 0.3) is 0 Å². The molecule has 4 nitrogen and oxygen atoms in total. The fourth-order valence-electron chi connectivity index (χ4n) is 2.27. The van der Waals surface area contributed by atoms with E-state index in [9.17, 15) is 9.90 Å². The lowest BCUT2D eigenvalue weighted by Gasteiger charge is -2.22. The van der Waals surface area contributed by atoms with Crippen molar-refractivity contribution in [2.75, 3.05) is 12.3 Å². The molecule has 1 fully saturated rings. The molecule has 1 aromatic rings. The van der Waals surface area contributed by atoms with Crippen molar-refractivity contribution in [3.8, 4) is 0 Å². The molecule has 1 heterocycles. The van der Waals surface area contributed by atoms with Crippen molar-refractivity contribution < 1.29 is 9.90 Å². The minimum Gasteiger partial charge on any atom is -0.388 e. The van der Waals surface area contributed by atoms with E-state index in [0.29, 0.717) is 12.3 Å². The Morgan fingerprint density at radius 1 is 1.47 bits per heavy atom. The van der Waals surface area contributed by atoms with Gasteiger partial charge in [0.2, 0.25) is 5.91 Å². The number of nitrogens with one attached hydrogen (secondary N) is 1. The predicted octanol–water partition coefficient (Wildman–Crippen LogP) is 1.74. The van der Waals surface area contributed by atoms with Gasteiger partial charge in [-0.15, -0.1) is 11.8 Å². The van der Waals surface area contributed by atoms with Gasteiger partial charge in [0.1, 0.15) is 0 Å². The maximum absolute atomic E-state index is 11.7. The van der Waals surface area contributed by atoms with Gasteiger partial charge in [-0.2, -0.15) is 0 Å². The molecular formula is C14H20N2O2S. The number of pyridine rings is 1. The van der Waals surface area contributed by atoms with E-state index in [1.807, 2.05) is 18.3 Å².